The highest BCUT2D eigenvalue weighted by Gasteiger charge is 2.15. The SMILES string of the molecule is CC(C)(C)OC(=O)CCOCCOCCOCCOCCOC(=O)c1ccccc1. The molecule has 8 nitrogen and oxygen atoms in total. The zero-order valence-corrected chi connectivity index (χ0v) is 18.2. The van der Waals surface area contributed by atoms with Gasteiger partial charge in [-0.3, -0.25) is 4.79 Å². The minimum Gasteiger partial charge on any atom is -0.460 e. The van der Waals surface area contributed by atoms with Gasteiger partial charge in [-0.15, -0.1) is 0 Å². The number of hydrogen-bond donors (Lipinski definition) is 0. The highest BCUT2D eigenvalue weighted by molar-refractivity contribution is 5.89. The van der Waals surface area contributed by atoms with Gasteiger partial charge < -0.3 is 28.4 Å². The van der Waals surface area contributed by atoms with E-state index in [4.69, 9.17) is 28.4 Å². The predicted octanol–water partition coefficient (Wildman–Crippen LogP) is 2.64. The molecule has 30 heavy (non-hydrogen) atoms. The quantitative estimate of drug-likeness (QED) is 0.294. The maximum atomic E-state index is 11.7. The first-order valence-corrected chi connectivity index (χ1v) is 10.1. The molecule has 0 atom stereocenters. The minimum absolute atomic E-state index is 0.199. The Morgan fingerprint density at radius 2 is 1.17 bits per heavy atom. The Morgan fingerprint density at radius 3 is 1.67 bits per heavy atom. The van der Waals surface area contributed by atoms with Crippen molar-refractivity contribution in [3.8, 4) is 0 Å². The number of ether oxygens (including phenoxy) is 6. The van der Waals surface area contributed by atoms with Gasteiger partial charge in [-0.2, -0.15) is 0 Å². The molecule has 0 bridgehead atoms. The lowest BCUT2D eigenvalue weighted by molar-refractivity contribution is -0.156. The second kappa shape index (κ2) is 15.8. The lowest BCUT2D eigenvalue weighted by Crippen LogP contribution is -2.24. The summed E-state index contributed by atoms with van der Waals surface area (Å²) < 4.78 is 31.7. The van der Waals surface area contributed by atoms with E-state index in [1.165, 1.54) is 0 Å². The summed E-state index contributed by atoms with van der Waals surface area (Å²) >= 11 is 0. The van der Waals surface area contributed by atoms with Crippen molar-refractivity contribution in [2.45, 2.75) is 32.8 Å². The third-order valence-electron chi connectivity index (χ3n) is 3.46. The molecule has 0 unspecified atom stereocenters. The molecule has 0 radical (unpaired) electrons. The topological polar surface area (TPSA) is 89.5 Å². The summed E-state index contributed by atoms with van der Waals surface area (Å²) in [5.74, 6) is -0.630. The van der Waals surface area contributed by atoms with Crippen molar-refractivity contribution in [1.29, 1.82) is 0 Å². The van der Waals surface area contributed by atoms with E-state index >= 15 is 0 Å². The lowest BCUT2D eigenvalue weighted by atomic mass is 10.2. The van der Waals surface area contributed by atoms with Crippen molar-refractivity contribution in [3.63, 3.8) is 0 Å². The number of benzene rings is 1. The maximum absolute atomic E-state index is 11.7. The van der Waals surface area contributed by atoms with Gasteiger partial charge in [0.25, 0.3) is 0 Å². The summed E-state index contributed by atoms with van der Waals surface area (Å²) in [6, 6.07) is 8.82. The Labute approximate surface area is 178 Å². The van der Waals surface area contributed by atoms with E-state index in [0.717, 1.165) is 0 Å². The van der Waals surface area contributed by atoms with Crippen LogP contribution in [0.1, 0.15) is 37.6 Å². The first kappa shape index (κ1) is 26.0. The third kappa shape index (κ3) is 14.9. The Morgan fingerprint density at radius 1 is 0.700 bits per heavy atom. The fourth-order valence-electron chi connectivity index (χ4n) is 2.16. The molecule has 0 heterocycles. The average molecular weight is 427 g/mol. The van der Waals surface area contributed by atoms with Crippen molar-refractivity contribution in [1.82, 2.24) is 0 Å². The zero-order chi connectivity index (χ0) is 22.1. The van der Waals surface area contributed by atoms with Crippen LogP contribution in [0.3, 0.4) is 0 Å². The van der Waals surface area contributed by atoms with Crippen LogP contribution in [0.2, 0.25) is 0 Å². The Kier molecular flexibility index (Phi) is 13.7. The summed E-state index contributed by atoms with van der Waals surface area (Å²) in [5.41, 5.74) is 0.0507. The minimum atomic E-state index is -0.472. The smallest absolute Gasteiger partial charge is 0.338 e. The molecular weight excluding hydrogens is 392 g/mol. The summed E-state index contributed by atoms with van der Waals surface area (Å²) in [4.78, 5) is 23.2. The molecule has 0 fully saturated rings. The van der Waals surface area contributed by atoms with E-state index < -0.39 is 5.60 Å². The number of esters is 2. The van der Waals surface area contributed by atoms with Crippen molar-refractivity contribution >= 4 is 11.9 Å². The summed E-state index contributed by atoms with van der Waals surface area (Å²) in [6.07, 6.45) is 0.228. The second-order valence-electron chi connectivity index (χ2n) is 7.29. The van der Waals surface area contributed by atoms with Crippen LogP contribution in [-0.2, 0) is 33.2 Å². The van der Waals surface area contributed by atoms with E-state index in [0.29, 0.717) is 58.4 Å². The monoisotopic (exact) mass is 426 g/mol. The van der Waals surface area contributed by atoms with Crippen LogP contribution in [0.4, 0.5) is 0 Å². The number of carbonyl (C=O) groups excluding carboxylic acids is 2. The molecule has 0 saturated heterocycles. The van der Waals surface area contributed by atoms with E-state index in [1.54, 1.807) is 24.3 Å². The van der Waals surface area contributed by atoms with Crippen molar-refractivity contribution in [2.75, 3.05) is 59.5 Å². The molecule has 0 N–H and O–H groups in total. The molecular formula is C22H34O8. The molecule has 0 saturated carbocycles. The maximum Gasteiger partial charge on any atom is 0.338 e. The number of carbonyl (C=O) groups is 2. The van der Waals surface area contributed by atoms with Gasteiger partial charge in [0.05, 0.1) is 64.8 Å². The molecule has 0 amide bonds. The van der Waals surface area contributed by atoms with Crippen LogP contribution < -0.4 is 0 Å². The van der Waals surface area contributed by atoms with Crippen LogP contribution in [-0.4, -0.2) is 77.0 Å². The molecule has 0 aliphatic rings. The van der Waals surface area contributed by atoms with Gasteiger partial charge in [0.15, 0.2) is 0 Å². The first-order valence-electron chi connectivity index (χ1n) is 10.1. The van der Waals surface area contributed by atoms with Gasteiger partial charge in [0, 0.05) is 0 Å². The van der Waals surface area contributed by atoms with E-state index in [-0.39, 0.29) is 25.0 Å². The van der Waals surface area contributed by atoms with E-state index in [9.17, 15) is 9.59 Å². The standard InChI is InChI=1S/C22H34O8/c1-22(2,3)30-20(23)9-10-25-11-12-26-13-14-27-15-16-28-17-18-29-21(24)19-7-5-4-6-8-19/h4-8H,9-18H2,1-3H3. The van der Waals surface area contributed by atoms with Crippen LogP contribution >= 0.6 is 0 Å². The molecule has 1 aromatic rings. The van der Waals surface area contributed by atoms with Crippen molar-refractivity contribution in [2.24, 2.45) is 0 Å². The van der Waals surface area contributed by atoms with Gasteiger partial charge in [-0.05, 0) is 32.9 Å². The highest BCUT2D eigenvalue weighted by Crippen LogP contribution is 2.08. The molecule has 8 heteroatoms. The zero-order valence-electron chi connectivity index (χ0n) is 18.2. The summed E-state index contributed by atoms with van der Waals surface area (Å²) in [7, 11) is 0. The van der Waals surface area contributed by atoms with Crippen molar-refractivity contribution < 1.29 is 38.0 Å². The van der Waals surface area contributed by atoms with Crippen molar-refractivity contribution in [3.05, 3.63) is 35.9 Å². The molecule has 0 aliphatic carbocycles. The van der Waals surface area contributed by atoms with Gasteiger partial charge >= 0.3 is 11.9 Å². The van der Waals surface area contributed by atoms with Gasteiger partial charge in [0.2, 0.25) is 0 Å². The van der Waals surface area contributed by atoms with Gasteiger partial charge in [-0.1, -0.05) is 18.2 Å². The molecule has 1 aromatic carbocycles. The lowest BCUT2D eigenvalue weighted by Gasteiger charge is -2.19. The van der Waals surface area contributed by atoms with Gasteiger partial charge in [-0.25, -0.2) is 4.79 Å². The Bertz CT molecular complexity index is 583. The van der Waals surface area contributed by atoms with Crippen LogP contribution in [0, 0.1) is 0 Å². The Hall–Kier alpha value is -2.00. The summed E-state index contributed by atoms with van der Waals surface area (Å²) in [5, 5.41) is 0. The molecule has 0 aromatic heterocycles. The van der Waals surface area contributed by atoms with Crippen LogP contribution in [0.25, 0.3) is 0 Å². The molecule has 170 valence electrons. The number of rotatable bonds is 16. The van der Waals surface area contributed by atoms with Crippen LogP contribution in [0.5, 0.6) is 0 Å². The number of hydrogen-bond acceptors (Lipinski definition) is 8. The molecule has 0 aliphatic heterocycles. The third-order valence-corrected chi connectivity index (χ3v) is 3.46. The fraction of sp³-hybridized carbons (Fsp3) is 0.636. The second-order valence-corrected chi connectivity index (χ2v) is 7.29. The van der Waals surface area contributed by atoms with Crippen LogP contribution in [0.15, 0.2) is 30.3 Å². The first-order chi connectivity index (χ1) is 14.4. The predicted molar refractivity (Wildman–Crippen MR) is 110 cm³/mol. The van der Waals surface area contributed by atoms with E-state index in [2.05, 4.69) is 0 Å². The average Bonchev–Trinajstić information content (AvgIpc) is 2.70. The normalized spacial score (nSPS) is 11.3. The van der Waals surface area contributed by atoms with Gasteiger partial charge in [0.1, 0.15) is 12.2 Å². The Balaban J connectivity index is 1.79. The fourth-order valence-corrected chi connectivity index (χ4v) is 2.16. The molecule has 1 rings (SSSR count). The highest BCUT2D eigenvalue weighted by atomic mass is 16.6. The van der Waals surface area contributed by atoms with E-state index in [1.807, 2.05) is 26.8 Å². The largest absolute Gasteiger partial charge is 0.460 e. The summed E-state index contributed by atoms with van der Waals surface area (Å²) in [6.45, 7) is 8.91. The molecule has 0 spiro atoms.